The molecule has 3 unspecified atom stereocenters. The molecule has 1 aliphatic carbocycles. The van der Waals surface area contributed by atoms with Crippen molar-refractivity contribution >= 4 is 18.0 Å². The van der Waals surface area contributed by atoms with Gasteiger partial charge in [0.25, 0.3) is 0 Å². The molecule has 0 bridgehead atoms. The molecule has 1 aliphatic heterocycles. The number of hydrogen-bond acceptors (Lipinski definition) is 6. The molecule has 4 rings (SSSR count). The minimum atomic E-state index is -2.02. The SMILES string of the molecule is COC(C)C(NC(=O)OCC1c2ccccc2-c2ccccc21)C(=O)N1CCCC(O)(C(=O)O)C1. The van der Waals surface area contributed by atoms with E-state index in [0.717, 1.165) is 22.3 Å². The van der Waals surface area contributed by atoms with E-state index in [0.29, 0.717) is 6.42 Å². The Balaban J connectivity index is 1.44. The Bertz CT molecular complexity index is 1070. The maximum Gasteiger partial charge on any atom is 0.407 e. The van der Waals surface area contributed by atoms with Crippen LogP contribution >= 0.6 is 0 Å². The second-order valence-corrected chi connectivity index (χ2v) is 9.09. The first kappa shape index (κ1) is 24.7. The predicted octanol–water partition coefficient (Wildman–Crippen LogP) is 2.37. The lowest BCUT2D eigenvalue weighted by molar-refractivity contribution is -0.167. The summed E-state index contributed by atoms with van der Waals surface area (Å²) in [4.78, 5) is 38.7. The van der Waals surface area contributed by atoms with Crippen molar-refractivity contribution in [3.05, 3.63) is 59.7 Å². The fraction of sp³-hybridized carbons (Fsp3) is 0.423. The highest BCUT2D eigenvalue weighted by Crippen LogP contribution is 2.44. The van der Waals surface area contributed by atoms with Crippen LogP contribution in [-0.4, -0.2) is 77.6 Å². The molecule has 0 aromatic heterocycles. The minimum Gasteiger partial charge on any atom is -0.479 e. The van der Waals surface area contributed by atoms with Crippen molar-refractivity contribution in [1.29, 1.82) is 0 Å². The van der Waals surface area contributed by atoms with E-state index in [-0.39, 0.29) is 32.0 Å². The number of rotatable bonds is 7. The summed E-state index contributed by atoms with van der Waals surface area (Å²) in [5, 5.41) is 22.3. The van der Waals surface area contributed by atoms with Gasteiger partial charge in [-0.1, -0.05) is 48.5 Å². The van der Waals surface area contributed by atoms with Crippen molar-refractivity contribution in [3.63, 3.8) is 0 Å². The Kier molecular flexibility index (Phi) is 7.09. The highest BCUT2D eigenvalue weighted by atomic mass is 16.5. The van der Waals surface area contributed by atoms with Crippen LogP contribution in [0.15, 0.2) is 48.5 Å². The molecule has 1 heterocycles. The fourth-order valence-corrected chi connectivity index (χ4v) is 4.88. The van der Waals surface area contributed by atoms with Crippen molar-refractivity contribution < 1.29 is 34.1 Å². The smallest absolute Gasteiger partial charge is 0.407 e. The molecular weight excluding hydrogens is 452 g/mol. The largest absolute Gasteiger partial charge is 0.479 e. The second kappa shape index (κ2) is 10.1. The summed E-state index contributed by atoms with van der Waals surface area (Å²) in [5.74, 6) is -2.04. The van der Waals surface area contributed by atoms with Gasteiger partial charge in [-0.05, 0) is 42.0 Å². The molecule has 0 saturated carbocycles. The number of β-amino-alcohol motifs (C(OH)–C–C–N with tert-alkyl or cyclic N) is 1. The number of carboxylic acid groups (broad SMARTS) is 1. The lowest BCUT2D eigenvalue weighted by Gasteiger charge is -2.38. The van der Waals surface area contributed by atoms with Crippen LogP contribution in [0.3, 0.4) is 0 Å². The molecule has 2 amide bonds. The summed E-state index contributed by atoms with van der Waals surface area (Å²) in [6.45, 7) is 1.62. The number of aliphatic carboxylic acids is 1. The summed E-state index contributed by atoms with van der Waals surface area (Å²) >= 11 is 0. The van der Waals surface area contributed by atoms with Crippen LogP contribution in [-0.2, 0) is 19.1 Å². The number of piperidine rings is 1. The number of methoxy groups -OCH3 is 1. The van der Waals surface area contributed by atoms with Crippen LogP contribution in [0.2, 0.25) is 0 Å². The molecule has 35 heavy (non-hydrogen) atoms. The van der Waals surface area contributed by atoms with Gasteiger partial charge in [0.05, 0.1) is 12.6 Å². The summed E-state index contributed by atoms with van der Waals surface area (Å²) in [7, 11) is 1.41. The number of ether oxygens (including phenoxy) is 2. The maximum atomic E-state index is 13.2. The Morgan fingerprint density at radius 3 is 2.29 bits per heavy atom. The van der Waals surface area contributed by atoms with Gasteiger partial charge in [0, 0.05) is 19.6 Å². The molecule has 3 N–H and O–H groups in total. The van der Waals surface area contributed by atoms with Gasteiger partial charge in [-0.2, -0.15) is 0 Å². The van der Waals surface area contributed by atoms with E-state index in [1.807, 2.05) is 48.5 Å². The third-order valence-electron chi connectivity index (χ3n) is 6.90. The van der Waals surface area contributed by atoms with Gasteiger partial charge >= 0.3 is 12.1 Å². The number of aliphatic hydroxyl groups is 1. The molecule has 1 saturated heterocycles. The van der Waals surface area contributed by atoms with Gasteiger partial charge in [0.15, 0.2) is 5.60 Å². The fourth-order valence-electron chi connectivity index (χ4n) is 4.88. The predicted molar refractivity (Wildman–Crippen MR) is 127 cm³/mol. The Labute approximate surface area is 203 Å². The number of amides is 2. The van der Waals surface area contributed by atoms with Crippen molar-refractivity contribution in [2.24, 2.45) is 0 Å². The third kappa shape index (κ3) is 4.87. The quantitative estimate of drug-likeness (QED) is 0.553. The van der Waals surface area contributed by atoms with Gasteiger partial charge < -0.3 is 29.9 Å². The minimum absolute atomic E-state index is 0.0520. The normalized spacial score (nSPS) is 20.9. The van der Waals surface area contributed by atoms with Crippen LogP contribution in [0.1, 0.15) is 36.8 Å². The average molecular weight is 483 g/mol. The summed E-state index contributed by atoms with van der Waals surface area (Å²) in [6, 6.07) is 14.8. The molecule has 9 nitrogen and oxygen atoms in total. The molecule has 0 spiro atoms. The number of carbonyl (C=O) groups is 3. The molecule has 1 fully saturated rings. The van der Waals surface area contributed by atoms with Gasteiger partial charge in [-0.15, -0.1) is 0 Å². The summed E-state index contributed by atoms with van der Waals surface area (Å²) in [6.07, 6.45) is -1.10. The van der Waals surface area contributed by atoms with E-state index < -0.39 is 35.7 Å². The lowest BCUT2D eigenvalue weighted by Crippen LogP contribution is -2.60. The molecule has 9 heteroatoms. The number of hydrogen-bond donors (Lipinski definition) is 3. The highest BCUT2D eigenvalue weighted by Gasteiger charge is 2.44. The second-order valence-electron chi connectivity index (χ2n) is 9.09. The Morgan fingerprint density at radius 1 is 1.11 bits per heavy atom. The zero-order valence-electron chi connectivity index (χ0n) is 19.8. The van der Waals surface area contributed by atoms with E-state index in [9.17, 15) is 24.6 Å². The lowest BCUT2D eigenvalue weighted by atomic mass is 9.92. The van der Waals surface area contributed by atoms with Crippen LogP contribution < -0.4 is 5.32 Å². The molecule has 0 radical (unpaired) electrons. The average Bonchev–Trinajstić information content (AvgIpc) is 3.19. The van der Waals surface area contributed by atoms with E-state index in [1.54, 1.807) is 6.92 Å². The third-order valence-corrected chi connectivity index (χ3v) is 6.90. The van der Waals surface area contributed by atoms with Crippen LogP contribution in [0, 0.1) is 0 Å². The van der Waals surface area contributed by atoms with E-state index >= 15 is 0 Å². The van der Waals surface area contributed by atoms with Crippen molar-refractivity contribution in [2.75, 3.05) is 26.8 Å². The molecule has 2 aliphatic rings. The topological polar surface area (TPSA) is 125 Å². The zero-order valence-corrected chi connectivity index (χ0v) is 19.8. The maximum absolute atomic E-state index is 13.2. The highest BCUT2D eigenvalue weighted by molar-refractivity contribution is 5.88. The number of fused-ring (bicyclic) bond motifs is 3. The summed E-state index contributed by atoms with van der Waals surface area (Å²) < 4.78 is 10.9. The number of alkyl carbamates (subject to hydrolysis) is 1. The first-order valence-corrected chi connectivity index (χ1v) is 11.6. The number of carbonyl (C=O) groups excluding carboxylic acids is 2. The number of likely N-dealkylation sites (tertiary alicyclic amines) is 1. The molecule has 2 aromatic rings. The van der Waals surface area contributed by atoms with Crippen LogP contribution in [0.4, 0.5) is 4.79 Å². The molecular formula is C26H30N2O7. The Morgan fingerprint density at radius 2 is 1.71 bits per heavy atom. The van der Waals surface area contributed by atoms with Crippen LogP contribution in [0.5, 0.6) is 0 Å². The zero-order chi connectivity index (χ0) is 25.2. The summed E-state index contributed by atoms with van der Waals surface area (Å²) in [5.41, 5.74) is 2.34. The molecule has 3 atom stereocenters. The number of nitrogens with zero attached hydrogens (tertiary/aromatic N) is 1. The monoisotopic (exact) mass is 482 g/mol. The molecule has 186 valence electrons. The first-order valence-electron chi connectivity index (χ1n) is 11.6. The van der Waals surface area contributed by atoms with Crippen molar-refractivity contribution in [2.45, 2.75) is 43.4 Å². The first-order chi connectivity index (χ1) is 16.7. The standard InChI is InChI=1S/C26H30N2O7/c1-16(34-2)22(23(29)28-13-7-12-26(33,15-28)24(30)31)27-25(32)35-14-21-19-10-5-3-8-17(19)18-9-4-6-11-20(18)21/h3-6,8-11,16,21-22,33H,7,12-15H2,1-2H3,(H,27,32)(H,30,31). The Hall–Kier alpha value is -3.43. The number of benzene rings is 2. The molecule has 2 aromatic carbocycles. The number of nitrogens with one attached hydrogen (secondary N) is 1. The van der Waals surface area contributed by atoms with Crippen molar-refractivity contribution in [1.82, 2.24) is 10.2 Å². The van der Waals surface area contributed by atoms with Crippen LogP contribution in [0.25, 0.3) is 11.1 Å². The van der Waals surface area contributed by atoms with Gasteiger partial charge in [0.1, 0.15) is 12.6 Å². The number of carboxylic acids is 1. The van der Waals surface area contributed by atoms with Crippen molar-refractivity contribution in [3.8, 4) is 11.1 Å². The van der Waals surface area contributed by atoms with E-state index in [2.05, 4.69) is 5.32 Å². The van der Waals surface area contributed by atoms with E-state index in [1.165, 1.54) is 12.0 Å². The van der Waals surface area contributed by atoms with Gasteiger partial charge in [-0.25, -0.2) is 9.59 Å². The van der Waals surface area contributed by atoms with E-state index in [4.69, 9.17) is 9.47 Å². The van der Waals surface area contributed by atoms with Gasteiger partial charge in [0.2, 0.25) is 5.91 Å². The van der Waals surface area contributed by atoms with Gasteiger partial charge in [-0.3, -0.25) is 4.79 Å².